The van der Waals surface area contributed by atoms with Gasteiger partial charge in [-0.25, -0.2) is 0 Å². The molecule has 2 N–H and O–H groups in total. The number of carbonyl (C=O) groups is 1. The molecule has 8 nitrogen and oxygen atoms in total. The van der Waals surface area contributed by atoms with E-state index in [0.29, 0.717) is 34.4 Å². The van der Waals surface area contributed by atoms with Gasteiger partial charge in [-0.3, -0.25) is 4.79 Å². The fourth-order valence-electron chi connectivity index (χ4n) is 2.65. The van der Waals surface area contributed by atoms with E-state index in [9.17, 15) is 4.79 Å². The zero-order valence-electron chi connectivity index (χ0n) is 16.6. The van der Waals surface area contributed by atoms with Crippen molar-refractivity contribution in [3.8, 4) is 17.2 Å². The number of methoxy groups -OCH3 is 3. The third-order valence-electron chi connectivity index (χ3n) is 4.14. The number of aryl methyl sites for hydroxylation is 1. The number of hydrogen-bond acceptors (Lipinski definition) is 7. The molecule has 0 fully saturated rings. The van der Waals surface area contributed by atoms with E-state index >= 15 is 0 Å². The van der Waals surface area contributed by atoms with Gasteiger partial charge in [0.15, 0.2) is 23.0 Å². The van der Waals surface area contributed by atoms with Crippen LogP contribution in [0.25, 0.3) is 0 Å². The number of carbonyl (C=O) groups excluding carboxylic acids is 1. The minimum atomic E-state index is -0.333. The summed E-state index contributed by atoms with van der Waals surface area (Å²) < 4.78 is 16.0. The Balaban J connectivity index is 1.73. The molecule has 0 unspecified atom stereocenters. The van der Waals surface area contributed by atoms with Crippen molar-refractivity contribution in [2.75, 3.05) is 32.0 Å². The van der Waals surface area contributed by atoms with Crippen LogP contribution in [0.1, 0.15) is 16.1 Å². The maximum Gasteiger partial charge on any atom is 0.276 e. The molecule has 29 heavy (non-hydrogen) atoms. The first-order valence-corrected chi connectivity index (χ1v) is 8.83. The molecule has 2 aromatic carbocycles. The summed E-state index contributed by atoms with van der Waals surface area (Å²) in [6.07, 6.45) is 0. The van der Waals surface area contributed by atoms with E-state index in [1.54, 1.807) is 45.6 Å². The number of nitrogens with zero attached hydrogens (tertiary/aromatic N) is 2. The normalized spacial score (nSPS) is 10.2. The molecule has 3 rings (SSSR count). The van der Waals surface area contributed by atoms with E-state index < -0.39 is 0 Å². The van der Waals surface area contributed by atoms with E-state index in [1.807, 2.05) is 31.2 Å². The standard InChI is InChI=1S/C21H22N4O4/c1-13-5-7-14(8-6-13)23-21(26)16-9-10-19(25-24-16)22-15-11-17(27-2)20(29-4)18(12-15)28-3/h5-12H,1-4H3,(H,22,25)(H,23,26). The fraction of sp³-hybridized carbons (Fsp3) is 0.190. The molecule has 1 amide bonds. The maximum absolute atomic E-state index is 12.3. The molecule has 0 saturated carbocycles. The van der Waals surface area contributed by atoms with Crippen molar-refractivity contribution >= 4 is 23.1 Å². The molecule has 0 aliphatic heterocycles. The number of anilines is 3. The Morgan fingerprint density at radius 2 is 1.48 bits per heavy atom. The van der Waals surface area contributed by atoms with Crippen molar-refractivity contribution in [1.29, 1.82) is 0 Å². The van der Waals surface area contributed by atoms with Crippen molar-refractivity contribution in [3.05, 3.63) is 59.8 Å². The second kappa shape index (κ2) is 8.92. The Hall–Kier alpha value is -3.81. The van der Waals surface area contributed by atoms with Gasteiger partial charge in [0, 0.05) is 23.5 Å². The van der Waals surface area contributed by atoms with Gasteiger partial charge in [-0.15, -0.1) is 10.2 Å². The van der Waals surface area contributed by atoms with Crippen molar-refractivity contribution in [2.24, 2.45) is 0 Å². The van der Waals surface area contributed by atoms with Crippen LogP contribution in [0.2, 0.25) is 0 Å². The molecule has 0 radical (unpaired) electrons. The summed E-state index contributed by atoms with van der Waals surface area (Å²) in [6.45, 7) is 1.98. The monoisotopic (exact) mass is 394 g/mol. The van der Waals surface area contributed by atoms with Gasteiger partial charge in [-0.2, -0.15) is 0 Å². The summed E-state index contributed by atoms with van der Waals surface area (Å²) in [7, 11) is 4.63. The summed E-state index contributed by atoms with van der Waals surface area (Å²) in [5.74, 6) is 1.65. The van der Waals surface area contributed by atoms with Crippen molar-refractivity contribution < 1.29 is 19.0 Å². The quantitative estimate of drug-likeness (QED) is 0.629. The van der Waals surface area contributed by atoms with Gasteiger partial charge in [0.2, 0.25) is 5.75 Å². The predicted molar refractivity (Wildman–Crippen MR) is 111 cm³/mol. The lowest BCUT2D eigenvalue weighted by Gasteiger charge is -2.14. The lowest BCUT2D eigenvalue weighted by Crippen LogP contribution is -2.14. The minimum absolute atomic E-state index is 0.209. The number of hydrogen-bond donors (Lipinski definition) is 2. The maximum atomic E-state index is 12.3. The Bertz CT molecular complexity index is 964. The van der Waals surface area contributed by atoms with Crippen molar-refractivity contribution in [2.45, 2.75) is 6.92 Å². The summed E-state index contributed by atoms with van der Waals surface area (Å²) in [5.41, 5.74) is 2.69. The van der Waals surface area contributed by atoms with Crippen LogP contribution in [-0.2, 0) is 0 Å². The molecule has 3 aromatic rings. The molecule has 0 atom stereocenters. The number of aromatic nitrogens is 2. The number of nitrogens with one attached hydrogen (secondary N) is 2. The highest BCUT2D eigenvalue weighted by Gasteiger charge is 2.14. The van der Waals surface area contributed by atoms with Crippen molar-refractivity contribution in [3.63, 3.8) is 0 Å². The van der Waals surface area contributed by atoms with Crippen LogP contribution < -0.4 is 24.8 Å². The molecular weight excluding hydrogens is 372 g/mol. The van der Waals surface area contributed by atoms with Crippen LogP contribution in [0.5, 0.6) is 17.2 Å². The molecule has 0 aliphatic rings. The third kappa shape index (κ3) is 4.73. The first-order chi connectivity index (χ1) is 14.0. The molecule has 150 valence electrons. The van der Waals surface area contributed by atoms with Gasteiger partial charge in [-0.05, 0) is 31.2 Å². The van der Waals surface area contributed by atoms with Crippen LogP contribution in [0.15, 0.2) is 48.5 Å². The van der Waals surface area contributed by atoms with Gasteiger partial charge in [0.25, 0.3) is 5.91 Å². The SMILES string of the molecule is COc1cc(Nc2ccc(C(=O)Nc3ccc(C)cc3)nn2)cc(OC)c1OC. The second-order valence-electron chi connectivity index (χ2n) is 6.16. The number of ether oxygens (including phenoxy) is 3. The largest absolute Gasteiger partial charge is 0.493 e. The average molecular weight is 394 g/mol. The highest BCUT2D eigenvalue weighted by Crippen LogP contribution is 2.40. The minimum Gasteiger partial charge on any atom is -0.493 e. The lowest BCUT2D eigenvalue weighted by atomic mass is 10.2. The van der Waals surface area contributed by atoms with E-state index in [4.69, 9.17) is 14.2 Å². The van der Waals surface area contributed by atoms with Gasteiger partial charge < -0.3 is 24.8 Å². The van der Waals surface area contributed by atoms with Crippen molar-refractivity contribution in [1.82, 2.24) is 10.2 Å². The molecule has 1 heterocycles. The molecule has 0 bridgehead atoms. The average Bonchev–Trinajstić information content (AvgIpc) is 2.75. The Labute approximate surface area is 168 Å². The highest BCUT2D eigenvalue weighted by atomic mass is 16.5. The Morgan fingerprint density at radius 1 is 0.828 bits per heavy atom. The predicted octanol–water partition coefficient (Wildman–Crippen LogP) is 3.81. The molecule has 8 heteroatoms. The van der Waals surface area contributed by atoms with E-state index in [-0.39, 0.29) is 11.6 Å². The van der Waals surface area contributed by atoms with Crippen LogP contribution in [-0.4, -0.2) is 37.4 Å². The summed E-state index contributed by atoms with van der Waals surface area (Å²) in [4.78, 5) is 12.3. The van der Waals surface area contributed by atoms with E-state index in [1.165, 1.54) is 0 Å². The summed E-state index contributed by atoms with van der Waals surface area (Å²) in [5, 5.41) is 14.0. The molecular formula is C21H22N4O4. The van der Waals surface area contributed by atoms with E-state index in [2.05, 4.69) is 20.8 Å². The van der Waals surface area contributed by atoms with Gasteiger partial charge in [-0.1, -0.05) is 17.7 Å². The summed E-state index contributed by atoms with van der Waals surface area (Å²) in [6, 6.07) is 14.3. The van der Waals surface area contributed by atoms with Crippen LogP contribution in [0, 0.1) is 6.92 Å². The lowest BCUT2D eigenvalue weighted by molar-refractivity contribution is 0.102. The first kappa shape index (κ1) is 19.9. The number of amides is 1. The smallest absolute Gasteiger partial charge is 0.276 e. The van der Waals surface area contributed by atoms with Crippen LogP contribution >= 0.6 is 0 Å². The molecule has 0 spiro atoms. The Morgan fingerprint density at radius 3 is 2.00 bits per heavy atom. The van der Waals surface area contributed by atoms with E-state index in [0.717, 1.165) is 5.56 Å². The van der Waals surface area contributed by atoms with Crippen LogP contribution in [0.3, 0.4) is 0 Å². The summed E-state index contributed by atoms with van der Waals surface area (Å²) >= 11 is 0. The zero-order valence-corrected chi connectivity index (χ0v) is 16.6. The third-order valence-corrected chi connectivity index (χ3v) is 4.14. The van der Waals surface area contributed by atoms with Gasteiger partial charge in [0.1, 0.15) is 0 Å². The molecule has 0 saturated heterocycles. The Kier molecular flexibility index (Phi) is 6.13. The second-order valence-corrected chi connectivity index (χ2v) is 6.16. The van der Waals surface area contributed by atoms with Crippen LogP contribution in [0.4, 0.5) is 17.2 Å². The zero-order chi connectivity index (χ0) is 20.8. The molecule has 0 aliphatic carbocycles. The number of benzene rings is 2. The van der Waals surface area contributed by atoms with Gasteiger partial charge >= 0.3 is 0 Å². The topological polar surface area (TPSA) is 94.6 Å². The molecule has 1 aromatic heterocycles. The number of rotatable bonds is 7. The highest BCUT2D eigenvalue weighted by molar-refractivity contribution is 6.02. The van der Waals surface area contributed by atoms with Gasteiger partial charge in [0.05, 0.1) is 21.3 Å². The fourth-order valence-corrected chi connectivity index (χ4v) is 2.65. The first-order valence-electron chi connectivity index (χ1n) is 8.83.